The molecule has 0 bridgehead atoms. The third-order valence-corrected chi connectivity index (χ3v) is 3.31. The Morgan fingerprint density at radius 3 is 2.37 bits per heavy atom. The Hall–Kier alpha value is -1.76. The summed E-state index contributed by atoms with van der Waals surface area (Å²) in [5.41, 5.74) is 5.35. The van der Waals surface area contributed by atoms with E-state index in [0.29, 0.717) is 5.92 Å². The van der Waals surface area contributed by atoms with Crippen LogP contribution in [0.25, 0.3) is 0 Å². The van der Waals surface area contributed by atoms with Crippen molar-refractivity contribution in [2.45, 2.75) is 33.7 Å². The molecule has 100 valence electrons. The van der Waals surface area contributed by atoms with E-state index in [2.05, 4.69) is 68.6 Å². The average Bonchev–Trinajstić information content (AvgIpc) is 2.40. The van der Waals surface area contributed by atoms with Crippen molar-refractivity contribution in [3.63, 3.8) is 0 Å². The standard InChI is InChI=1S/C18H23N/c1-14(2)11-17-9-10-18(12-15(17)3)19-13-16-7-5-4-6-8-16/h4-10,12,14,19H,11,13H2,1-3H3. The van der Waals surface area contributed by atoms with E-state index < -0.39 is 0 Å². The molecule has 0 aliphatic rings. The summed E-state index contributed by atoms with van der Waals surface area (Å²) in [6, 6.07) is 17.2. The molecule has 0 saturated carbocycles. The highest BCUT2D eigenvalue weighted by molar-refractivity contribution is 5.48. The second-order valence-corrected chi connectivity index (χ2v) is 5.58. The summed E-state index contributed by atoms with van der Waals surface area (Å²) in [6.07, 6.45) is 1.16. The monoisotopic (exact) mass is 253 g/mol. The van der Waals surface area contributed by atoms with E-state index in [0.717, 1.165) is 13.0 Å². The predicted octanol–water partition coefficient (Wildman–Crippen LogP) is 4.81. The predicted molar refractivity (Wildman–Crippen MR) is 83.5 cm³/mol. The summed E-state index contributed by atoms with van der Waals surface area (Å²) in [4.78, 5) is 0. The topological polar surface area (TPSA) is 12.0 Å². The van der Waals surface area contributed by atoms with Crippen molar-refractivity contribution >= 4 is 5.69 Å². The maximum atomic E-state index is 3.48. The first-order valence-corrected chi connectivity index (χ1v) is 7.02. The van der Waals surface area contributed by atoms with Gasteiger partial charge in [0.2, 0.25) is 0 Å². The number of hydrogen-bond acceptors (Lipinski definition) is 1. The second-order valence-electron chi connectivity index (χ2n) is 5.58. The summed E-state index contributed by atoms with van der Waals surface area (Å²) in [5, 5.41) is 3.48. The first kappa shape index (κ1) is 13.7. The Morgan fingerprint density at radius 2 is 1.74 bits per heavy atom. The fourth-order valence-electron chi connectivity index (χ4n) is 2.27. The molecule has 2 aromatic carbocycles. The van der Waals surface area contributed by atoms with Gasteiger partial charge in [-0.1, -0.05) is 50.2 Å². The van der Waals surface area contributed by atoms with Gasteiger partial charge in [-0.25, -0.2) is 0 Å². The fourth-order valence-corrected chi connectivity index (χ4v) is 2.27. The van der Waals surface area contributed by atoms with Crippen molar-refractivity contribution in [3.05, 3.63) is 65.2 Å². The number of nitrogens with one attached hydrogen (secondary N) is 1. The molecule has 2 aromatic rings. The smallest absolute Gasteiger partial charge is 0.0400 e. The summed E-state index contributed by atoms with van der Waals surface area (Å²) in [5.74, 6) is 0.710. The maximum absolute atomic E-state index is 3.48. The van der Waals surface area contributed by atoms with E-state index in [9.17, 15) is 0 Å². The molecule has 1 N–H and O–H groups in total. The van der Waals surface area contributed by atoms with E-state index in [1.165, 1.54) is 22.4 Å². The molecule has 0 aliphatic heterocycles. The van der Waals surface area contributed by atoms with Gasteiger partial charge in [-0.2, -0.15) is 0 Å². The highest BCUT2D eigenvalue weighted by atomic mass is 14.9. The Morgan fingerprint density at radius 1 is 1.00 bits per heavy atom. The third-order valence-electron chi connectivity index (χ3n) is 3.31. The maximum Gasteiger partial charge on any atom is 0.0400 e. The lowest BCUT2D eigenvalue weighted by Gasteiger charge is -2.12. The molecule has 2 rings (SSSR count). The molecule has 1 heteroatoms. The Kier molecular flexibility index (Phi) is 4.62. The summed E-state index contributed by atoms with van der Waals surface area (Å²) in [6.45, 7) is 7.61. The van der Waals surface area contributed by atoms with Crippen molar-refractivity contribution in [1.82, 2.24) is 0 Å². The van der Waals surface area contributed by atoms with Crippen LogP contribution in [0.3, 0.4) is 0 Å². The molecule has 0 amide bonds. The average molecular weight is 253 g/mol. The van der Waals surface area contributed by atoms with Crippen LogP contribution in [0.5, 0.6) is 0 Å². The van der Waals surface area contributed by atoms with Crippen molar-refractivity contribution in [2.75, 3.05) is 5.32 Å². The minimum atomic E-state index is 0.710. The molecule has 0 fully saturated rings. The van der Waals surface area contributed by atoms with Gasteiger partial charge in [0.25, 0.3) is 0 Å². The number of rotatable bonds is 5. The SMILES string of the molecule is Cc1cc(NCc2ccccc2)ccc1CC(C)C. The van der Waals surface area contributed by atoms with Gasteiger partial charge < -0.3 is 5.32 Å². The van der Waals surface area contributed by atoms with Gasteiger partial charge in [-0.15, -0.1) is 0 Å². The molecule has 0 aromatic heterocycles. The molecule has 0 spiro atoms. The van der Waals surface area contributed by atoms with Crippen LogP contribution < -0.4 is 5.32 Å². The van der Waals surface area contributed by atoms with E-state index >= 15 is 0 Å². The van der Waals surface area contributed by atoms with Crippen LogP contribution in [0.1, 0.15) is 30.5 Å². The molecule has 0 unspecified atom stereocenters. The zero-order valence-corrected chi connectivity index (χ0v) is 12.1. The molecule has 0 heterocycles. The fraction of sp³-hybridized carbons (Fsp3) is 0.333. The third kappa shape index (κ3) is 4.13. The Bertz CT molecular complexity index is 514. The second kappa shape index (κ2) is 6.42. The highest BCUT2D eigenvalue weighted by Crippen LogP contribution is 2.18. The largest absolute Gasteiger partial charge is 0.381 e. The van der Waals surface area contributed by atoms with Crippen molar-refractivity contribution in [3.8, 4) is 0 Å². The van der Waals surface area contributed by atoms with E-state index in [1.807, 2.05) is 6.07 Å². The van der Waals surface area contributed by atoms with Crippen LogP contribution >= 0.6 is 0 Å². The van der Waals surface area contributed by atoms with Gasteiger partial charge in [0.1, 0.15) is 0 Å². The number of hydrogen-bond donors (Lipinski definition) is 1. The van der Waals surface area contributed by atoms with Gasteiger partial charge in [0.15, 0.2) is 0 Å². The van der Waals surface area contributed by atoms with E-state index in [4.69, 9.17) is 0 Å². The lowest BCUT2D eigenvalue weighted by molar-refractivity contribution is 0.645. The highest BCUT2D eigenvalue weighted by Gasteiger charge is 2.02. The van der Waals surface area contributed by atoms with Crippen molar-refractivity contribution in [1.29, 1.82) is 0 Å². The molecule has 1 nitrogen and oxygen atoms in total. The molecule has 0 radical (unpaired) electrons. The molecular weight excluding hydrogens is 230 g/mol. The van der Waals surface area contributed by atoms with Crippen LogP contribution in [0.2, 0.25) is 0 Å². The molecule has 0 aliphatic carbocycles. The van der Waals surface area contributed by atoms with Gasteiger partial charge in [0, 0.05) is 12.2 Å². The van der Waals surface area contributed by atoms with Crippen LogP contribution in [0, 0.1) is 12.8 Å². The lowest BCUT2D eigenvalue weighted by atomic mass is 9.98. The van der Waals surface area contributed by atoms with E-state index in [-0.39, 0.29) is 0 Å². The first-order chi connectivity index (χ1) is 9.15. The summed E-state index contributed by atoms with van der Waals surface area (Å²) < 4.78 is 0. The summed E-state index contributed by atoms with van der Waals surface area (Å²) in [7, 11) is 0. The quantitative estimate of drug-likeness (QED) is 0.806. The Labute approximate surface area is 116 Å². The van der Waals surface area contributed by atoms with Crippen LogP contribution in [0.15, 0.2) is 48.5 Å². The van der Waals surface area contributed by atoms with Crippen LogP contribution in [-0.4, -0.2) is 0 Å². The van der Waals surface area contributed by atoms with Gasteiger partial charge in [-0.3, -0.25) is 0 Å². The normalized spacial score (nSPS) is 10.7. The Balaban J connectivity index is 2.00. The van der Waals surface area contributed by atoms with Gasteiger partial charge in [0.05, 0.1) is 0 Å². The molecular formula is C18H23N. The molecule has 0 atom stereocenters. The molecule has 19 heavy (non-hydrogen) atoms. The minimum Gasteiger partial charge on any atom is -0.381 e. The van der Waals surface area contributed by atoms with Crippen LogP contribution in [0.4, 0.5) is 5.69 Å². The minimum absolute atomic E-state index is 0.710. The van der Waals surface area contributed by atoms with Gasteiger partial charge >= 0.3 is 0 Å². The van der Waals surface area contributed by atoms with Crippen LogP contribution in [-0.2, 0) is 13.0 Å². The zero-order chi connectivity index (χ0) is 13.7. The van der Waals surface area contributed by atoms with E-state index in [1.54, 1.807) is 0 Å². The summed E-state index contributed by atoms with van der Waals surface area (Å²) >= 11 is 0. The number of anilines is 1. The molecule has 0 saturated heterocycles. The number of aryl methyl sites for hydroxylation is 1. The first-order valence-electron chi connectivity index (χ1n) is 7.02. The van der Waals surface area contributed by atoms with Crippen molar-refractivity contribution < 1.29 is 0 Å². The van der Waals surface area contributed by atoms with Gasteiger partial charge in [-0.05, 0) is 48.1 Å². The van der Waals surface area contributed by atoms with Crippen molar-refractivity contribution in [2.24, 2.45) is 5.92 Å². The lowest BCUT2D eigenvalue weighted by Crippen LogP contribution is -2.01. The number of benzene rings is 2. The zero-order valence-electron chi connectivity index (χ0n) is 12.1.